The van der Waals surface area contributed by atoms with Crippen LogP contribution in [0.2, 0.25) is 0 Å². The van der Waals surface area contributed by atoms with Crippen molar-refractivity contribution in [1.29, 1.82) is 0 Å². The van der Waals surface area contributed by atoms with E-state index >= 15 is 0 Å². The van der Waals surface area contributed by atoms with Gasteiger partial charge in [-0.3, -0.25) is 9.78 Å². The minimum atomic E-state index is -2.64. The third kappa shape index (κ3) is 2.75. The molecule has 3 nitrogen and oxygen atoms in total. The molecule has 0 saturated heterocycles. The van der Waals surface area contributed by atoms with Gasteiger partial charge in [0.1, 0.15) is 5.69 Å². The number of alkyl halides is 3. The lowest BCUT2D eigenvalue weighted by atomic mass is 10.0. The van der Waals surface area contributed by atoms with Gasteiger partial charge < -0.3 is 5.11 Å². The second-order valence-corrected chi connectivity index (χ2v) is 3.84. The van der Waals surface area contributed by atoms with E-state index in [4.69, 9.17) is 5.11 Å². The first-order valence-electron chi connectivity index (χ1n) is 4.50. The number of aliphatic carboxylic acids is 1. The van der Waals surface area contributed by atoms with Gasteiger partial charge in [0.15, 0.2) is 0 Å². The molecule has 16 heavy (non-hydrogen) atoms. The first-order chi connectivity index (χ1) is 7.47. The number of nitrogens with zero attached hydrogens (tertiary/aromatic N) is 1. The molecule has 1 aromatic rings. The lowest BCUT2D eigenvalue weighted by Crippen LogP contribution is -2.08. The molecule has 0 saturated carbocycles. The minimum absolute atomic E-state index is 0.210. The van der Waals surface area contributed by atoms with Gasteiger partial charge in [-0.25, -0.2) is 8.78 Å². The molecule has 1 rings (SSSR count). The van der Waals surface area contributed by atoms with E-state index in [2.05, 4.69) is 20.9 Å². The molecule has 0 atom stereocenters. The van der Waals surface area contributed by atoms with Crippen molar-refractivity contribution in [3.63, 3.8) is 0 Å². The quantitative estimate of drug-likeness (QED) is 0.869. The molecule has 0 spiro atoms. The van der Waals surface area contributed by atoms with E-state index in [0.717, 1.165) is 0 Å². The Labute approximate surface area is 99.6 Å². The molecule has 88 valence electrons. The molecule has 0 amide bonds. The van der Waals surface area contributed by atoms with Crippen LogP contribution in [0.1, 0.15) is 28.8 Å². The maximum Gasteiger partial charge on any atom is 0.307 e. The topological polar surface area (TPSA) is 50.2 Å². The summed E-state index contributed by atoms with van der Waals surface area (Å²) < 4.78 is 25.1. The monoisotopic (exact) mass is 293 g/mol. The number of aromatic nitrogens is 1. The summed E-state index contributed by atoms with van der Waals surface area (Å²) in [5.41, 5.74) is 1.10. The predicted octanol–water partition coefficient (Wildman–Crippen LogP) is 2.85. The first-order valence-corrected chi connectivity index (χ1v) is 5.62. The maximum absolute atomic E-state index is 12.5. The molecule has 6 heteroatoms. The predicted molar refractivity (Wildman–Crippen MR) is 57.9 cm³/mol. The third-order valence-corrected chi connectivity index (χ3v) is 2.83. The normalized spacial score (nSPS) is 10.8. The van der Waals surface area contributed by atoms with E-state index in [1.54, 1.807) is 0 Å². The van der Waals surface area contributed by atoms with Crippen molar-refractivity contribution in [2.24, 2.45) is 0 Å². The summed E-state index contributed by atoms with van der Waals surface area (Å²) >= 11 is 3.17. The standard InChI is InChI=1S/C10H10BrF2NO2/c1-5-7(3-11)6(2-8(15)16)4-14-9(5)10(12)13/h4,10H,2-3H2,1H3,(H,15,16). The Morgan fingerprint density at radius 3 is 2.69 bits per heavy atom. The van der Waals surface area contributed by atoms with Crippen molar-refractivity contribution in [1.82, 2.24) is 4.98 Å². The zero-order chi connectivity index (χ0) is 12.3. The zero-order valence-electron chi connectivity index (χ0n) is 8.51. The van der Waals surface area contributed by atoms with Crippen LogP contribution >= 0.6 is 15.9 Å². The number of carbonyl (C=O) groups is 1. The second-order valence-electron chi connectivity index (χ2n) is 3.28. The van der Waals surface area contributed by atoms with Gasteiger partial charge in [-0.05, 0) is 23.6 Å². The summed E-state index contributed by atoms with van der Waals surface area (Å²) in [6, 6.07) is 0. The second kappa shape index (κ2) is 5.34. The van der Waals surface area contributed by atoms with Crippen LogP contribution in [-0.2, 0) is 16.5 Å². The number of carboxylic acid groups (broad SMARTS) is 1. The fraction of sp³-hybridized carbons (Fsp3) is 0.400. The Morgan fingerprint density at radius 1 is 1.62 bits per heavy atom. The molecule has 1 aromatic heterocycles. The number of hydrogen-bond acceptors (Lipinski definition) is 2. The maximum atomic E-state index is 12.5. The zero-order valence-corrected chi connectivity index (χ0v) is 10.1. The van der Waals surface area contributed by atoms with Crippen molar-refractivity contribution in [2.75, 3.05) is 0 Å². The van der Waals surface area contributed by atoms with Gasteiger partial charge in [-0.15, -0.1) is 0 Å². The van der Waals surface area contributed by atoms with Gasteiger partial charge in [-0.2, -0.15) is 0 Å². The molecule has 0 aliphatic carbocycles. The molecule has 1 heterocycles. The molecule has 0 fully saturated rings. The average molecular weight is 294 g/mol. The van der Waals surface area contributed by atoms with Crippen molar-refractivity contribution in [3.8, 4) is 0 Å². The van der Waals surface area contributed by atoms with E-state index in [1.807, 2.05) is 0 Å². The Morgan fingerprint density at radius 2 is 2.25 bits per heavy atom. The summed E-state index contributed by atoms with van der Waals surface area (Å²) in [7, 11) is 0. The van der Waals surface area contributed by atoms with Crippen LogP contribution < -0.4 is 0 Å². The smallest absolute Gasteiger partial charge is 0.307 e. The Bertz CT molecular complexity index is 410. The van der Waals surface area contributed by atoms with Gasteiger partial charge in [0.2, 0.25) is 0 Å². The first kappa shape index (κ1) is 13.0. The van der Waals surface area contributed by atoms with Crippen molar-refractivity contribution < 1.29 is 18.7 Å². The molecule has 0 unspecified atom stereocenters. The van der Waals surface area contributed by atoms with Crippen LogP contribution in [-0.4, -0.2) is 16.1 Å². The van der Waals surface area contributed by atoms with Gasteiger partial charge in [0.05, 0.1) is 6.42 Å². The fourth-order valence-electron chi connectivity index (χ4n) is 1.44. The van der Waals surface area contributed by atoms with Gasteiger partial charge in [0, 0.05) is 11.5 Å². The van der Waals surface area contributed by atoms with E-state index in [0.29, 0.717) is 22.0 Å². The Balaban J connectivity index is 3.23. The van der Waals surface area contributed by atoms with Crippen molar-refractivity contribution in [2.45, 2.75) is 25.1 Å². The number of pyridine rings is 1. The number of carboxylic acids is 1. The molecule has 0 aliphatic heterocycles. The van der Waals surface area contributed by atoms with Crippen molar-refractivity contribution in [3.05, 3.63) is 28.6 Å². The highest BCUT2D eigenvalue weighted by molar-refractivity contribution is 9.08. The molecule has 0 aromatic carbocycles. The van der Waals surface area contributed by atoms with E-state index in [9.17, 15) is 13.6 Å². The molecule has 0 radical (unpaired) electrons. The highest BCUT2D eigenvalue weighted by Crippen LogP contribution is 2.26. The van der Waals surface area contributed by atoms with Crippen LogP contribution in [0.5, 0.6) is 0 Å². The molecular weight excluding hydrogens is 284 g/mol. The molecule has 0 bridgehead atoms. The van der Waals surface area contributed by atoms with E-state index in [1.165, 1.54) is 13.1 Å². The number of hydrogen-bond donors (Lipinski definition) is 1. The third-order valence-electron chi connectivity index (χ3n) is 2.27. The summed E-state index contributed by atoms with van der Waals surface area (Å²) in [5.74, 6) is -1.01. The van der Waals surface area contributed by atoms with E-state index in [-0.39, 0.29) is 12.1 Å². The van der Waals surface area contributed by atoms with Crippen LogP contribution in [0.15, 0.2) is 6.20 Å². The number of halogens is 3. The van der Waals surface area contributed by atoms with E-state index < -0.39 is 12.4 Å². The van der Waals surface area contributed by atoms with Gasteiger partial charge >= 0.3 is 5.97 Å². The highest BCUT2D eigenvalue weighted by atomic mass is 79.9. The number of rotatable bonds is 4. The summed E-state index contributed by atoms with van der Waals surface area (Å²) in [4.78, 5) is 14.2. The Kier molecular flexibility index (Phi) is 4.35. The van der Waals surface area contributed by atoms with Crippen LogP contribution in [0.3, 0.4) is 0 Å². The highest BCUT2D eigenvalue weighted by Gasteiger charge is 2.18. The summed E-state index contributed by atoms with van der Waals surface area (Å²) in [6.45, 7) is 1.52. The lowest BCUT2D eigenvalue weighted by molar-refractivity contribution is -0.136. The summed E-state index contributed by atoms with van der Waals surface area (Å²) in [5, 5.41) is 9.00. The average Bonchev–Trinajstić information content (AvgIpc) is 2.16. The van der Waals surface area contributed by atoms with Gasteiger partial charge in [-0.1, -0.05) is 15.9 Å². The van der Waals surface area contributed by atoms with Crippen molar-refractivity contribution >= 4 is 21.9 Å². The Hall–Kier alpha value is -1.04. The van der Waals surface area contributed by atoms with Gasteiger partial charge in [0.25, 0.3) is 6.43 Å². The lowest BCUT2D eigenvalue weighted by Gasteiger charge is -2.12. The summed E-state index contributed by atoms with van der Waals surface area (Å²) in [6.07, 6.45) is -1.64. The van der Waals surface area contributed by atoms with Crippen LogP contribution in [0.4, 0.5) is 8.78 Å². The SMILES string of the molecule is Cc1c(C(F)F)ncc(CC(=O)O)c1CBr. The molecule has 0 aliphatic rings. The van der Waals surface area contributed by atoms with Crippen LogP contribution in [0.25, 0.3) is 0 Å². The largest absolute Gasteiger partial charge is 0.481 e. The van der Waals surface area contributed by atoms with Crippen LogP contribution in [0, 0.1) is 6.92 Å². The molecule has 1 N–H and O–H groups in total. The fourth-order valence-corrected chi connectivity index (χ4v) is 2.22. The molecular formula is C10H10BrF2NO2. The minimum Gasteiger partial charge on any atom is -0.481 e.